The molecule has 0 atom stereocenters. The van der Waals surface area contributed by atoms with E-state index in [0.717, 1.165) is 19.6 Å². The summed E-state index contributed by atoms with van der Waals surface area (Å²) in [6.45, 7) is 1.63. The first-order valence-electron chi connectivity index (χ1n) is 3.72. The zero-order chi connectivity index (χ0) is 7.68. The molecule has 1 aromatic carbocycles. The smallest absolute Gasteiger partial charge is 0.0730 e. The van der Waals surface area contributed by atoms with Crippen LogP contribution >= 0.6 is 15.9 Å². The van der Waals surface area contributed by atoms with Crippen LogP contribution in [-0.4, -0.2) is 6.61 Å². The van der Waals surface area contributed by atoms with Gasteiger partial charge in [0.05, 0.1) is 13.2 Å². The molecular weight excluding hydrogens is 204 g/mol. The lowest BCUT2D eigenvalue weighted by Crippen LogP contribution is -2.09. The van der Waals surface area contributed by atoms with E-state index in [2.05, 4.69) is 34.1 Å². The van der Waals surface area contributed by atoms with E-state index in [1.54, 1.807) is 0 Å². The minimum atomic E-state index is 0.761. The second kappa shape index (κ2) is 2.95. The van der Waals surface area contributed by atoms with Gasteiger partial charge >= 0.3 is 0 Å². The summed E-state index contributed by atoms with van der Waals surface area (Å²) < 4.78 is 6.52. The number of ether oxygens (including phenoxy) is 1. The van der Waals surface area contributed by atoms with Crippen molar-refractivity contribution in [2.75, 3.05) is 6.61 Å². The van der Waals surface area contributed by atoms with Crippen LogP contribution in [0.3, 0.4) is 0 Å². The fraction of sp³-hybridized carbons (Fsp3) is 0.333. The van der Waals surface area contributed by atoms with Crippen LogP contribution in [0, 0.1) is 0 Å². The third kappa shape index (κ3) is 1.33. The van der Waals surface area contributed by atoms with E-state index >= 15 is 0 Å². The number of rotatable bonds is 0. The molecule has 1 aliphatic rings. The quantitative estimate of drug-likeness (QED) is 0.643. The van der Waals surface area contributed by atoms with Crippen molar-refractivity contribution >= 4 is 15.9 Å². The molecule has 0 saturated heterocycles. The lowest BCUT2D eigenvalue weighted by molar-refractivity contribution is 0.110. The fourth-order valence-corrected chi connectivity index (χ4v) is 1.88. The van der Waals surface area contributed by atoms with E-state index in [1.165, 1.54) is 15.6 Å². The van der Waals surface area contributed by atoms with Gasteiger partial charge < -0.3 is 4.74 Å². The largest absolute Gasteiger partial charge is 0.376 e. The summed E-state index contributed by atoms with van der Waals surface area (Å²) in [5.41, 5.74) is 2.74. The lowest BCUT2D eigenvalue weighted by Gasteiger charge is -2.16. The maximum atomic E-state index is 5.35. The average molecular weight is 213 g/mol. The van der Waals surface area contributed by atoms with E-state index in [1.807, 2.05) is 0 Å². The summed E-state index contributed by atoms with van der Waals surface area (Å²) in [7, 11) is 0. The van der Waals surface area contributed by atoms with Crippen LogP contribution in [0.4, 0.5) is 0 Å². The van der Waals surface area contributed by atoms with Gasteiger partial charge in [-0.05, 0) is 23.6 Å². The Morgan fingerprint density at radius 3 is 3.09 bits per heavy atom. The lowest BCUT2D eigenvalue weighted by atomic mass is 10.0. The van der Waals surface area contributed by atoms with Gasteiger partial charge in [0.15, 0.2) is 0 Å². The maximum absolute atomic E-state index is 5.35. The van der Waals surface area contributed by atoms with Crippen molar-refractivity contribution in [1.82, 2.24) is 0 Å². The van der Waals surface area contributed by atoms with Crippen LogP contribution in [-0.2, 0) is 17.8 Å². The molecule has 0 aliphatic carbocycles. The maximum Gasteiger partial charge on any atom is 0.0730 e. The third-order valence-electron chi connectivity index (χ3n) is 1.98. The average Bonchev–Trinajstić information content (AvgIpc) is 2.06. The molecule has 2 rings (SSSR count). The van der Waals surface area contributed by atoms with E-state index < -0.39 is 0 Å². The molecule has 2 heteroatoms. The van der Waals surface area contributed by atoms with Gasteiger partial charge in [0.1, 0.15) is 0 Å². The third-order valence-corrected chi connectivity index (χ3v) is 2.72. The molecule has 11 heavy (non-hydrogen) atoms. The van der Waals surface area contributed by atoms with Gasteiger partial charge in [-0.1, -0.05) is 28.1 Å². The van der Waals surface area contributed by atoms with Crippen molar-refractivity contribution in [2.24, 2.45) is 0 Å². The first kappa shape index (κ1) is 7.32. The predicted octanol–water partition coefficient (Wildman–Crippen LogP) is 2.52. The van der Waals surface area contributed by atoms with Gasteiger partial charge in [0.2, 0.25) is 0 Å². The molecule has 58 valence electrons. The molecule has 1 aromatic rings. The summed E-state index contributed by atoms with van der Waals surface area (Å²) in [6, 6.07) is 6.31. The summed E-state index contributed by atoms with van der Waals surface area (Å²) in [5.74, 6) is 0. The first-order chi connectivity index (χ1) is 5.38. The molecule has 0 radical (unpaired) electrons. The zero-order valence-electron chi connectivity index (χ0n) is 6.14. The van der Waals surface area contributed by atoms with Crippen molar-refractivity contribution in [3.63, 3.8) is 0 Å². The van der Waals surface area contributed by atoms with Crippen molar-refractivity contribution < 1.29 is 4.74 Å². The van der Waals surface area contributed by atoms with Crippen LogP contribution in [0.1, 0.15) is 11.1 Å². The molecule has 0 unspecified atom stereocenters. The zero-order valence-corrected chi connectivity index (χ0v) is 7.73. The van der Waals surface area contributed by atoms with Gasteiger partial charge in [-0.2, -0.15) is 0 Å². The van der Waals surface area contributed by atoms with Crippen LogP contribution in [0.2, 0.25) is 0 Å². The molecule has 0 N–H and O–H groups in total. The minimum absolute atomic E-state index is 0.761. The fourth-order valence-electron chi connectivity index (χ4n) is 1.36. The summed E-state index contributed by atoms with van der Waals surface area (Å²) >= 11 is 3.50. The predicted molar refractivity (Wildman–Crippen MR) is 47.5 cm³/mol. The Kier molecular flexibility index (Phi) is 1.96. The van der Waals surface area contributed by atoms with Crippen LogP contribution < -0.4 is 0 Å². The van der Waals surface area contributed by atoms with Crippen molar-refractivity contribution in [3.8, 4) is 0 Å². The van der Waals surface area contributed by atoms with E-state index in [4.69, 9.17) is 4.74 Å². The highest BCUT2D eigenvalue weighted by atomic mass is 79.9. The standard InChI is InChI=1S/C9H9BrO/c10-9-3-1-2-7-4-5-11-6-8(7)9/h1-3H,4-6H2. The van der Waals surface area contributed by atoms with Gasteiger partial charge in [-0.15, -0.1) is 0 Å². The van der Waals surface area contributed by atoms with Gasteiger partial charge in [-0.3, -0.25) is 0 Å². The molecule has 0 amide bonds. The Balaban J connectivity index is 2.49. The van der Waals surface area contributed by atoms with Crippen molar-refractivity contribution in [3.05, 3.63) is 33.8 Å². The molecule has 0 spiro atoms. The molecule has 1 nitrogen and oxygen atoms in total. The monoisotopic (exact) mass is 212 g/mol. The number of hydrogen-bond donors (Lipinski definition) is 0. The topological polar surface area (TPSA) is 9.23 Å². The molecule has 0 saturated carbocycles. The number of benzene rings is 1. The summed E-state index contributed by atoms with van der Waals surface area (Å²) in [5, 5.41) is 0. The minimum Gasteiger partial charge on any atom is -0.376 e. The highest BCUT2D eigenvalue weighted by Gasteiger charge is 2.10. The number of hydrogen-bond acceptors (Lipinski definition) is 1. The number of fused-ring (bicyclic) bond motifs is 1. The van der Waals surface area contributed by atoms with Crippen LogP contribution in [0.5, 0.6) is 0 Å². The SMILES string of the molecule is Brc1cccc2c1COCC2. The van der Waals surface area contributed by atoms with Crippen molar-refractivity contribution in [2.45, 2.75) is 13.0 Å². The highest BCUT2D eigenvalue weighted by Crippen LogP contribution is 2.24. The normalized spacial score (nSPS) is 16.1. The molecule has 1 heterocycles. The Bertz CT molecular complexity index is 270. The van der Waals surface area contributed by atoms with Crippen molar-refractivity contribution in [1.29, 1.82) is 0 Å². The van der Waals surface area contributed by atoms with Crippen LogP contribution in [0.15, 0.2) is 22.7 Å². The second-order valence-electron chi connectivity index (χ2n) is 2.68. The molecular formula is C9H9BrO. The molecule has 1 aliphatic heterocycles. The first-order valence-corrected chi connectivity index (χ1v) is 4.51. The van der Waals surface area contributed by atoms with Gasteiger partial charge in [0, 0.05) is 4.47 Å². The Morgan fingerprint density at radius 1 is 1.36 bits per heavy atom. The highest BCUT2D eigenvalue weighted by molar-refractivity contribution is 9.10. The Morgan fingerprint density at radius 2 is 2.27 bits per heavy atom. The molecule has 0 aromatic heterocycles. The molecule has 0 bridgehead atoms. The Labute approximate surface area is 74.5 Å². The number of halogens is 1. The van der Waals surface area contributed by atoms with Crippen LogP contribution in [0.25, 0.3) is 0 Å². The summed E-state index contributed by atoms with van der Waals surface area (Å²) in [4.78, 5) is 0. The Hall–Kier alpha value is -0.340. The van der Waals surface area contributed by atoms with Gasteiger partial charge in [-0.25, -0.2) is 0 Å². The van der Waals surface area contributed by atoms with E-state index in [0.29, 0.717) is 0 Å². The van der Waals surface area contributed by atoms with Gasteiger partial charge in [0.25, 0.3) is 0 Å². The summed E-state index contributed by atoms with van der Waals surface area (Å²) in [6.07, 6.45) is 1.05. The van der Waals surface area contributed by atoms with E-state index in [9.17, 15) is 0 Å². The molecule has 0 fully saturated rings. The second-order valence-corrected chi connectivity index (χ2v) is 3.53. The van der Waals surface area contributed by atoms with E-state index in [-0.39, 0.29) is 0 Å².